The van der Waals surface area contributed by atoms with Gasteiger partial charge in [0.25, 0.3) is 5.91 Å². The standard InChI is InChI=1S/C25H35NO4/c1-18(2)9-8-10-19(3)14-15-26-23-13-12-21(30-5)17-22(23)25(29,24(26)28)20(4)11-6-7-16-27/h6,9,11-14,17,20,27,29H,7-8,10,15-16H2,1-5H3/b11-6+,19-14+/t20-,25+/m0/s1. The van der Waals surface area contributed by atoms with Gasteiger partial charge in [-0.2, -0.15) is 0 Å². The monoisotopic (exact) mass is 413 g/mol. The molecule has 1 aliphatic heterocycles. The predicted molar refractivity (Wildman–Crippen MR) is 122 cm³/mol. The molecule has 1 amide bonds. The highest BCUT2D eigenvalue weighted by atomic mass is 16.5. The van der Waals surface area contributed by atoms with E-state index in [4.69, 9.17) is 9.84 Å². The molecule has 1 aromatic carbocycles. The molecule has 0 aliphatic carbocycles. The van der Waals surface area contributed by atoms with E-state index in [2.05, 4.69) is 32.9 Å². The van der Waals surface area contributed by atoms with Gasteiger partial charge in [-0.3, -0.25) is 4.79 Å². The number of fused-ring (bicyclic) bond motifs is 1. The molecule has 0 saturated heterocycles. The lowest BCUT2D eigenvalue weighted by molar-refractivity contribution is -0.139. The van der Waals surface area contributed by atoms with Crippen LogP contribution in [0.2, 0.25) is 0 Å². The molecule has 0 saturated carbocycles. The minimum Gasteiger partial charge on any atom is -0.497 e. The number of rotatable bonds is 10. The first-order valence-electron chi connectivity index (χ1n) is 10.5. The first-order valence-corrected chi connectivity index (χ1v) is 10.5. The Balaban J connectivity index is 2.33. The van der Waals surface area contributed by atoms with E-state index in [1.54, 1.807) is 30.2 Å². The molecule has 30 heavy (non-hydrogen) atoms. The van der Waals surface area contributed by atoms with Crippen LogP contribution < -0.4 is 9.64 Å². The van der Waals surface area contributed by atoms with E-state index < -0.39 is 11.5 Å². The SMILES string of the molecule is COc1ccc2c(c1)[C@](O)([C@@H](C)/C=C/CCO)C(=O)N2C/C=C(\C)CCC=C(C)C. The van der Waals surface area contributed by atoms with Crippen molar-refractivity contribution in [3.8, 4) is 5.75 Å². The molecule has 2 rings (SSSR count). The molecule has 5 heteroatoms. The number of hydrogen-bond acceptors (Lipinski definition) is 4. The third-order valence-electron chi connectivity index (χ3n) is 5.57. The van der Waals surface area contributed by atoms with Crippen LogP contribution in [0.15, 0.2) is 53.6 Å². The number of ether oxygens (including phenoxy) is 1. The van der Waals surface area contributed by atoms with Gasteiger partial charge in [0, 0.05) is 24.6 Å². The second-order valence-corrected chi connectivity index (χ2v) is 8.16. The molecular formula is C25H35NO4. The summed E-state index contributed by atoms with van der Waals surface area (Å²) >= 11 is 0. The highest BCUT2D eigenvalue weighted by molar-refractivity contribution is 6.07. The zero-order valence-corrected chi connectivity index (χ0v) is 18.8. The second-order valence-electron chi connectivity index (χ2n) is 8.16. The first kappa shape index (κ1) is 23.9. The fourth-order valence-electron chi connectivity index (χ4n) is 3.69. The van der Waals surface area contributed by atoms with Gasteiger partial charge in [0.2, 0.25) is 0 Å². The van der Waals surface area contributed by atoms with E-state index in [0.717, 1.165) is 12.8 Å². The van der Waals surface area contributed by atoms with Crippen molar-refractivity contribution in [1.82, 2.24) is 0 Å². The number of hydrogen-bond donors (Lipinski definition) is 2. The summed E-state index contributed by atoms with van der Waals surface area (Å²) in [6.45, 7) is 8.51. The Morgan fingerprint density at radius 2 is 1.97 bits per heavy atom. The lowest BCUT2D eigenvalue weighted by Crippen LogP contribution is -2.44. The van der Waals surface area contributed by atoms with E-state index in [0.29, 0.717) is 30.0 Å². The summed E-state index contributed by atoms with van der Waals surface area (Å²) in [7, 11) is 1.57. The third-order valence-corrected chi connectivity index (χ3v) is 5.57. The van der Waals surface area contributed by atoms with E-state index in [1.165, 1.54) is 11.1 Å². The maximum Gasteiger partial charge on any atom is 0.264 e. The summed E-state index contributed by atoms with van der Waals surface area (Å²) in [4.78, 5) is 15.0. The third kappa shape index (κ3) is 5.21. The minimum atomic E-state index is -1.67. The van der Waals surface area contributed by atoms with Crippen LogP contribution in [-0.4, -0.2) is 36.4 Å². The molecule has 1 aliphatic rings. The molecule has 0 unspecified atom stereocenters. The Kier molecular flexibility index (Phi) is 8.44. The molecule has 0 fully saturated rings. The van der Waals surface area contributed by atoms with Crippen LogP contribution in [0.3, 0.4) is 0 Å². The molecule has 1 aromatic rings. The average molecular weight is 414 g/mol. The van der Waals surface area contributed by atoms with Crippen LogP contribution >= 0.6 is 0 Å². The molecule has 0 radical (unpaired) electrons. The Hall–Kier alpha value is -2.37. The predicted octanol–water partition coefficient (Wildman–Crippen LogP) is 4.50. The van der Waals surface area contributed by atoms with Crippen molar-refractivity contribution in [3.05, 3.63) is 59.2 Å². The average Bonchev–Trinajstić information content (AvgIpc) is 2.93. The molecule has 0 spiro atoms. The molecular weight excluding hydrogens is 378 g/mol. The van der Waals surface area contributed by atoms with E-state index >= 15 is 0 Å². The Bertz CT molecular complexity index is 836. The van der Waals surface area contributed by atoms with Gasteiger partial charge in [-0.1, -0.05) is 42.4 Å². The topological polar surface area (TPSA) is 70.0 Å². The molecule has 164 valence electrons. The van der Waals surface area contributed by atoms with Crippen molar-refractivity contribution in [3.63, 3.8) is 0 Å². The first-order chi connectivity index (χ1) is 14.2. The maximum atomic E-state index is 13.4. The number of aliphatic hydroxyl groups excluding tert-OH is 1. The number of methoxy groups -OCH3 is 1. The number of carbonyl (C=O) groups excluding carboxylic acids is 1. The van der Waals surface area contributed by atoms with Crippen LogP contribution in [-0.2, 0) is 10.4 Å². The number of benzene rings is 1. The quantitative estimate of drug-likeness (QED) is 0.554. The number of amides is 1. The van der Waals surface area contributed by atoms with Gasteiger partial charge in [0.15, 0.2) is 5.60 Å². The fourth-order valence-corrected chi connectivity index (χ4v) is 3.69. The number of aliphatic hydroxyl groups is 2. The van der Waals surface area contributed by atoms with Crippen molar-refractivity contribution in [2.75, 3.05) is 25.2 Å². The van der Waals surface area contributed by atoms with Gasteiger partial charge >= 0.3 is 0 Å². The van der Waals surface area contributed by atoms with Gasteiger partial charge in [0.05, 0.1) is 12.8 Å². The van der Waals surface area contributed by atoms with E-state index in [9.17, 15) is 9.90 Å². The molecule has 5 nitrogen and oxygen atoms in total. The lowest BCUT2D eigenvalue weighted by atomic mass is 9.83. The van der Waals surface area contributed by atoms with Crippen molar-refractivity contribution < 1.29 is 19.7 Å². The van der Waals surface area contributed by atoms with Gasteiger partial charge in [-0.05, 0) is 58.2 Å². The maximum absolute atomic E-state index is 13.4. The smallest absolute Gasteiger partial charge is 0.264 e. The zero-order chi connectivity index (χ0) is 22.3. The molecule has 2 atom stereocenters. The summed E-state index contributed by atoms with van der Waals surface area (Å²) < 4.78 is 5.33. The number of nitrogens with zero attached hydrogens (tertiary/aromatic N) is 1. The van der Waals surface area contributed by atoms with Crippen LogP contribution in [0.4, 0.5) is 5.69 Å². The largest absolute Gasteiger partial charge is 0.497 e. The van der Waals surface area contributed by atoms with Crippen molar-refractivity contribution >= 4 is 11.6 Å². The van der Waals surface area contributed by atoms with E-state index in [1.807, 2.05) is 19.1 Å². The fraction of sp³-hybridized carbons (Fsp3) is 0.480. The summed E-state index contributed by atoms with van der Waals surface area (Å²) in [5.74, 6) is -0.183. The highest BCUT2D eigenvalue weighted by Gasteiger charge is 2.52. The van der Waals surface area contributed by atoms with Gasteiger partial charge in [-0.15, -0.1) is 0 Å². The summed E-state index contributed by atoms with van der Waals surface area (Å²) in [5, 5.41) is 20.6. The van der Waals surface area contributed by atoms with Crippen molar-refractivity contribution in [2.24, 2.45) is 5.92 Å². The Labute approximate surface area is 180 Å². The van der Waals surface area contributed by atoms with Crippen LogP contribution in [0.5, 0.6) is 5.75 Å². The number of carbonyl (C=O) groups is 1. The van der Waals surface area contributed by atoms with Gasteiger partial charge in [0.1, 0.15) is 5.75 Å². The lowest BCUT2D eigenvalue weighted by Gasteiger charge is -2.27. The summed E-state index contributed by atoms with van der Waals surface area (Å²) in [6, 6.07) is 5.39. The van der Waals surface area contributed by atoms with Crippen LogP contribution in [0.25, 0.3) is 0 Å². The Morgan fingerprint density at radius 3 is 2.60 bits per heavy atom. The van der Waals surface area contributed by atoms with Crippen molar-refractivity contribution in [1.29, 1.82) is 0 Å². The zero-order valence-electron chi connectivity index (χ0n) is 18.8. The molecule has 1 heterocycles. The van der Waals surface area contributed by atoms with Crippen molar-refractivity contribution in [2.45, 2.75) is 52.6 Å². The van der Waals surface area contributed by atoms with Crippen LogP contribution in [0, 0.1) is 5.92 Å². The summed E-state index contributed by atoms with van der Waals surface area (Å²) in [6.07, 6.45) is 10.3. The molecule has 0 aromatic heterocycles. The van der Waals surface area contributed by atoms with Gasteiger partial charge < -0.3 is 19.8 Å². The Morgan fingerprint density at radius 1 is 1.23 bits per heavy atom. The van der Waals surface area contributed by atoms with Gasteiger partial charge in [-0.25, -0.2) is 0 Å². The second kappa shape index (κ2) is 10.6. The normalized spacial score (nSPS) is 19.9. The minimum absolute atomic E-state index is 0.0307. The van der Waals surface area contributed by atoms with E-state index in [-0.39, 0.29) is 12.5 Å². The van der Waals surface area contributed by atoms with Crippen LogP contribution in [0.1, 0.15) is 52.5 Å². The molecule has 2 N–H and O–H groups in total. The molecule has 0 bridgehead atoms. The highest BCUT2D eigenvalue weighted by Crippen LogP contribution is 2.46. The number of anilines is 1. The summed E-state index contributed by atoms with van der Waals surface area (Å²) in [5.41, 5.74) is 2.11. The number of allylic oxidation sites excluding steroid dienone is 3.